The van der Waals surface area contributed by atoms with Crippen molar-refractivity contribution >= 4 is 21.6 Å². The average molecular weight is 218 g/mol. The van der Waals surface area contributed by atoms with E-state index in [1.165, 1.54) is 19.3 Å². The van der Waals surface area contributed by atoms with Crippen molar-refractivity contribution in [3.63, 3.8) is 0 Å². The molecule has 3 unspecified atom stereocenters. The summed E-state index contributed by atoms with van der Waals surface area (Å²) in [4.78, 5) is 0. The van der Waals surface area contributed by atoms with Gasteiger partial charge in [0.15, 0.2) is 0 Å². The molecule has 0 spiro atoms. The molecule has 78 valence electrons. The smallest absolute Gasteiger partial charge is 0.0151 e. The highest BCUT2D eigenvalue weighted by atomic mass is 33.1. The van der Waals surface area contributed by atoms with E-state index < -0.39 is 0 Å². The van der Waals surface area contributed by atoms with Crippen molar-refractivity contribution in [2.45, 2.75) is 45.3 Å². The molecule has 0 nitrogen and oxygen atoms in total. The topological polar surface area (TPSA) is 0 Å². The van der Waals surface area contributed by atoms with Crippen LogP contribution in [0.5, 0.6) is 0 Å². The Hall–Kier alpha value is 0.700. The summed E-state index contributed by atoms with van der Waals surface area (Å²) in [6.45, 7) is 7.23. The standard InChI is InChI=1S/C11H22S2/c1-8-5-9(2)7-11(6-8)10(3)13-12-4/h8-11H,5-7H2,1-4H3. The minimum atomic E-state index is 0.847. The third-order valence-electron chi connectivity index (χ3n) is 3.13. The maximum Gasteiger partial charge on any atom is 0.0151 e. The fourth-order valence-corrected chi connectivity index (χ4v) is 4.69. The van der Waals surface area contributed by atoms with Gasteiger partial charge in [-0.1, -0.05) is 42.4 Å². The molecule has 1 rings (SSSR count). The third kappa shape index (κ3) is 3.75. The van der Waals surface area contributed by atoms with Crippen molar-refractivity contribution < 1.29 is 0 Å². The zero-order chi connectivity index (χ0) is 9.84. The van der Waals surface area contributed by atoms with Crippen LogP contribution in [0.4, 0.5) is 0 Å². The van der Waals surface area contributed by atoms with Gasteiger partial charge in [-0.15, -0.1) is 0 Å². The summed E-state index contributed by atoms with van der Waals surface area (Å²) in [5.41, 5.74) is 0. The summed E-state index contributed by atoms with van der Waals surface area (Å²) in [6, 6.07) is 0. The van der Waals surface area contributed by atoms with Crippen LogP contribution in [0.2, 0.25) is 0 Å². The highest BCUT2D eigenvalue weighted by Gasteiger charge is 2.27. The molecule has 0 amide bonds. The van der Waals surface area contributed by atoms with Gasteiger partial charge in [0.25, 0.3) is 0 Å². The van der Waals surface area contributed by atoms with Gasteiger partial charge in [0.05, 0.1) is 0 Å². The van der Waals surface area contributed by atoms with Crippen molar-refractivity contribution in [2.24, 2.45) is 17.8 Å². The minimum Gasteiger partial charge on any atom is -0.0973 e. The Morgan fingerprint density at radius 1 is 1.08 bits per heavy atom. The zero-order valence-corrected chi connectivity index (χ0v) is 10.9. The van der Waals surface area contributed by atoms with Gasteiger partial charge in [-0.3, -0.25) is 0 Å². The van der Waals surface area contributed by atoms with Gasteiger partial charge in [-0.2, -0.15) is 0 Å². The van der Waals surface area contributed by atoms with E-state index in [1.54, 1.807) is 0 Å². The Morgan fingerprint density at radius 3 is 2.08 bits per heavy atom. The predicted octanol–water partition coefficient (Wildman–Crippen LogP) is 4.46. The second-order valence-electron chi connectivity index (χ2n) is 4.65. The lowest BCUT2D eigenvalue weighted by molar-refractivity contribution is 0.219. The lowest BCUT2D eigenvalue weighted by Crippen LogP contribution is -2.25. The van der Waals surface area contributed by atoms with E-state index in [9.17, 15) is 0 Å². The third-order valence-corrected chi connectivity index (χ3v) is 5.50. The van der Waals surface area contributed by atoms with Crippen LogP contribution in [0.25, 0.3) is 0 Å². The lowest BCUT2D eigenvalue weighted by Gasteiger charge is -2.34. The number of hydrogen-bond donors (Lipinski definition) is 0. The van der Waals surface area contributed by atoms with Crippen LogP contribution in [-0.2, 0) is 0 Å². The largest absolute Gasteiger partial charge is 0.0973 e. The van der Waals surface area contributed by atoms with E-state index in [-0.39, 0.29) is 0 Å². The van der Waals surface area contributed by atoms with Crippen LogP contribution in [-0.4, -0.2) is 11.5 Å². The molecule has 0 saturated heterocycles. The molecule has 13 heavy (non-hydrogen) atoms. The van der Waals surface area contributed by atoms with Gasteiger partial charge in [0, 0.05) is 5.25 Å². The molecule has 1 aliphatic carbocycles. The van der Waals surface area contributed by atoms with E-state index in [1.807, 2.05) is 10.8 Å². The quantitative estimate of drug-likeness (QED) is 0.642. The van der Waals surface area contributed by atoms with Crippen molar-refractivity contribution in [3.05, 3.63) is 0 Å². The molecule has 1 fully saturated rings. The fourth-order valence-electron chi connectivity index (χ4n) is 2.62. The molecule has 0 radical (unpaired) electrons. The Kier molecular flexibility index (Phi) is 5.03. The van der Waals surface area contributed by atoms with Crippen LogP contribution in [0.15, 0.2) is 0 Å². The van der Waals surface area contributed by atoms with Crippen molar-refractivity contribution in [2.75, 3.05) is 6.26 Å². The van der Waals surface area contributed by atoms with Crippen LogP contribution in [0.3, 0.4) is 0 Å². The van der Waals surface area contributed by atoms with Crippen LogP contribution in [0.1, 0.15) is 40.0 Å². The van der Waals surface area contributed by atoms with Gasteiger partial charge in [-0.25, -0.2) is 0 Å². The van der Waals surface area contributed by atoms with Crippen LogP contribution < -0.4 is 0 Å². The van der Waals surface area contributed by atoms with Gasteiger partial charge >= 0.3 is 0 Å². The Balaban J connectivity index is 2.40. The molecule has 0 aromatic heterocycles. The Bertz CT molecular complexity index is 137. The molecule has 1 aliphatic rings. The molecule has 2 heteroatoms. The molecule has 0 N–H and O–H groups in total. The first-order valence-electron chi connectivity index (χ1n) is 5.33. The predicted molar refractivity (Wildman–Crippen MR) is 66.2 cm³/mol. The molecule has 0 bridgehead atoms. The Morgan fingerprint density at radius 2 is 1.62 bits per heavy atom. The number of rotatable bonds is 3. The first kappa shape index (κ1) is 11.8. The molecule has 0 aromatic rings. The monoisotopic (exact) mass is 218 g/mol. The maximum atomic E-state index is 2.42. The normalized spacial score (nSPS) is 37.4. The average Bonchev–Trinajstić information content (AvgIpc) is 2.03. The summed E-state index contributed by atoms with van der Waals surface area (Å²) < 4.78 is 0. The molecular formula is C11H22S2. The van der Waals surface area contributed by atoms with Crippen molar-refractivity contribution in [1.29, 1.82) is 0 Å². The van der Waals surface area contributed by atoms with Crippen molar-refractivity contribution in [1.82, 2.24) is 0 Å². The van der Waals surface area contributed by atoms with E-state index in [2.05, 4.69) is 37.8 Å². The van der Waals surface area contributed by atoms with Gasteiger partial charge < -0.3 is 0 Å². The molecular weight excluding hydrogens is 196 g/mol. The maximum absolute atomic E-state index is 2.42. The van der Waals surface area contributed by atoms with E-state index in [0.29, 0.717) is 0 Å². The zero-order valence-electron chi connectivity index (χ0n) is 9.25. The SMILES string of the molecule is CSSC(C)C1CC(C)CC(C)C1. The highest BCUT2D eigenvalue weighted by Crippen LogP contribution is 2.40. The summed E-state index contributed by atoms with van der Waals surface area (Å²) >= 11 is 0. The van der Waals surface area contributed by atoms with E-state index in [4.69, 9.17) is 0 Å². The number of hydrogen-bond acceptors (Lipinski definition) is 2. The van der Waals surface area contributed by atoms with E-state index >= 15 is 0 Å². The van der Waals surface area contributed by atoms with Gasteiger partial charge in [-0.05, 0) is 43.3 Å². The summed E-state index contributed by atoms with van der Waals surface area (Å²) in [5, 5.41) is 0.847. The summed E-state index contributed by atoms with van der Waals surface area (Å²) in [7, 11) is 3.98. The van der Waals surface area contributed by atoms with E-state index in [0.717, 1.165) is 23.0 Å². The van der Waals surface area contributed by atoms with Crippen molar-refractivity contribution in [3.8, 4) is 0 Å². The minimum absolute atomic E-state index is 0.847. The first-order chi connectivity index (χ1) is 6.13. The molecule has 0 aliphatic heterocycles. The highest BCUT2D eigenvalue weighted by molar-refractivity contribution is 8.76. The first-order valence-corrected chi connectivity index (χ1v) is 7.95. The van der Waals surface area contributed by atoms with Crippen LogP contribution in [0, 0.1) is 17.8 Å². The fraction of sp³-hybridized carbons (Fsp3) is 1.00. The van der Waals surface area contributed by atoms with Crippen LogP contribution >= 0.6 is 21.6 Å². The second kappa shape index (κ2) is 5.55. The Labute approximate surface area is 91.0 Å². The second-order valence-corrected chi connectivity index (χ2v) is 7.49. The molecule has 0 aromatic carbocycles. The summed E-state index contributed by atoms with van der Waals surface area (Å²) in [5.74, 6) is 2.88. The molecule has 1 saturated carbocycles. The van der Waals surface area contributed by atoms with Gasteiger partial charge in [0.1, 0.15) is 0 Å². The summed E-state index contributed by atoms with van der Waals surface area (Å²) in [6.07, 6.45) is 6.56. The molecule has 0 heterocycles. The molecule has 3 atom stereocenters. The lowest BCUT2D eigenvalue weighted by atomic mass is 9.75. The van der Waals surface area contributed by atoms with Gasteiger partial charge in [0.2, 0.25) is 0 Å².